The zero-order valence-corrected chi connectivity index (χ0v) is 31.3. The lowest BCUT2D eigenvalue weighted by Crippen LogP contribution is -2.66. The summed E-state index contributed by atoms with van der Waals surface area (Å²) in [4.78, 5) is 28.3. The Bertz CT molecular complexity index is 1510. The number of carbonyl (C=O) groups excluding carboxylic acids is 1. The summed E-state index contributed by atoms with van der Waals surface area (Å²) < 4.78 is 29.8. The number of benzene rings is 2. The van der Waals surface area contributed by atoms with Crippen molar-refractivity contribution < 1.29 is 74.1 Å². The summed E-state index contributed by atoms with van der Waals surface area (Å²) in [6.07, 6.45) is -16.6. The number of likely N-dealkylation sites (tertiary alicyclic amines) is 1. The summed E-state index contributed by atoms with van der Waals surface area (Å²) in [6, 6.07) is 18.1. The van der Waals surface area contributed by atoms with Gasteiger partial charge in [0.25, 0.3) is 0 Å². The number of aliphatic hydroxyl groups excluding tert-OH is 7. The molecule has 4 aliphatic rings. The Labute approximate surface area is 325 Å². The first-order valence-corrected chi connectivity index (χ1v) is 19.5. The molecule has 1 aliphatic carbocycles. The van der Waals surface area contributed by atoms with E-state index in [0.717, 1.165) is 32.1 Å². The summed E-state index contributed by atoms with van der Waals surface area (Å²) in [5.41, 5.74) is 1.36. The summed E-state index contributed by atoms with van der Waals surface area (Å²) >= 11 is 0. The van der Waals surface area contributed by atoms with Gasteiger partial charge in [0.2, 0.25) is 5.91 Å². The molecular weight excluding hydrogens is 734 g/mol. The fourth-order valence-electron chi connectivity index (χ4n) is 8.31. The molecule has 0 aromatic heterocycles. The van der Waals surface area contributed by atoms with Crippen molar-refractivity contribution >= 4 is 11.9 Å². The summed E-state index contributed by atoms with van der Waals surface area (Å²) in [6.45, 7) is 0.148. The van der Waals surface area contributed by atoms with Gasteiger partial charge in [0.1, 0.15) is 61.0 Å². The Morgan fingerprint density at radius 1 is 0.750 bits per heavy atom. The summed E-state index contributed by atoms with van der Waals surface area (Å²) in [5.74, 6) is -2.42. The highest BCUT2D eigenvalue weighted by Crippen LogP contribution is 2.35. The number of aliphatic carboxylic acids is 1. The predicted octanol–water partition coefficient (Wildman–Crippen LogP) is -0.133. The molecule has 1 amide bonds. The van der Waals surface area contributed by atoms with Crippen LogP contribution in [0.4, 0.5) is 0 Å². The molecule has 310 valence electrons. The number of amides is 1. The summed E-state index contributed by atoms with van der Waals surface area (Å²) in [7, 11) is 0. The van der Waals surface area contributed by atoms with Gasteiger partial charge in [0.05, 0.1) is 18.6 Å². The number of piperidine rings is 1. The SMILES string of the molecule is CC1OC(OC2C(O)CN(C(=O)C(c3ccccc3)c3ccccc3)CC2OC2OC(CO)C(O)C(O[C@H](CC3CCCCC3)C(=O)O)C2O)C(O)C(O)C1O. The number of β-amino-alcohol motifs (C(OH)–C–C–N with tert-alkyl or cyclic N) is 1. The molecule has 3 saturated heterocycles. The van der Waals surface area contributed by atoms with Crippen LogP contribution in [0.1, 0.15) is 62.5 Å². The molecule has 8 N–H and O–H groups in total. The van der Waals surface area contributed by atoms with Crippen molar-refractivity contribution in [2.24, 2.45) is 5.92 Å². The number of carbonyl (C=O) groups is 2. The van der Waals surface area contributed by atoms with E-state index in [-0.39, 0.29) is 25.4 Å². The lowest BCUT2D eigenvalue weighted by molar-refractivity contribution is -0.352. The topological polar surface area (TPSA) is 245 Å². The highest BCUT2D eigenvalue weighted by molar-refractivity contribution is 5.87. The standard InChI is InChI=1S/C40H55NO15/c1-21-30(44)32(46)33(47)39(52-21)56-35-25(43)18-41(37(49)29(23-13-7-3-8-14-23)24-15-9-4-10-16-24)19-27(35)54-40-34(48)36(31(45)28(20-42)55-40)53-26(38(50)51)17-22-11-5-2-6-12-22/h3-4,7-10,13-16,21-22,25-36,39-40,42-48H,2,5-6,11-12,17-20H2,1H3,(H,50,51)/t21?,25?,26-,27?,28?,30?,31?,32?,33?,34?,35?,36?,39?,40?/m1/s1. The number of carboxylic acids is 1. The smallest absolute Gasteiger partial charge is 0.332 e. The van der Waals surface area contributed by atoms with Gasteiger partial charge < -0.3 is 69.4 Å². The van der Waals surface area contributed by atoms with Crippen LogP contribution in [0.3, 0.4) is 0 Å². The fourth-order valence-corrected chi connectivity index (χ4v) is 8.31. The van der Waals surface area contributed by atoms with Crippen LogP contribution in [-0.4, -0.2) is 163 Å². The van der Waals surface area contributed by atoms with Crippen LogP contribution < -0.4 is 0 Å². The second-order valence-electron chi connectivity index (χ2n) is 15.4. The van der Waals surface area contributed by atoms with Crippen LogP contribution in [0, 0.1) is 5.92 Å². The Hall–Kier alpha value is -3.10. The first kappa shape index (κ1) is 42.5. The van der Waals surface area contributed by atoms with Gasteiger partial charge in [0.15, 0.2) is 18.7 Å². The van der Waals surface area contributed by atoms with Crippen molar-refractivity contribution in [3.8, 4) is 0 Å². The quantitative estimate of drug-likeness (QED) is 0.132. The van der Waals surface area contributed by atoms with Gasteiger partial charge in [-0.15, -0.1) is 0 Å². The van der Waals surface area contributed by atoms with E-state index in [0.29, 0.717) is 11.1 Å². The Balaban J connectivity index is 1.29. The first-order valence-electron chi connectivity index (χ1n) is 19.5. The lowest BCUT2D eigenvalue weighted by Gasteiger charge is -2.48. The molecule has 2 aromatic rings. The van der Waals surface area contributed by atoms with Crippen molar-refractivity contribution in [1.82, 2.24) is 4.90 Å². The van der Waals surface area contributed by atoms with Gasteiger partial charge in [-0.05, 0) is 30.4 Å². The van der Waals surface area contributed by atoms with Gasteiger partial charge in [-0.1, -0.05) is 92.8 Å². The molecule has 13 unspecified atom stereocenters. The molecule has 6 rings (SSSR count). The maximum absolute atomic E-state index is 14.5. The van der Waals surface area contributed by atoms with Crippen molar-refractivity contribution in [3.63, 3.8) is 0 Å². The predicted molar refractivity (Wildman–Crippen MR) is 195 cm³/mol. The van der Waals surface area contributed by atoms with Crippen molar-refractivity contribution in [2.45, 2.75) is 137 Å². The third kappa shape index (κ3) is 9.60. The van der Waals surface area contributed by atoms with E-state index in [4.69, 9.17) is 23.7 Å². The third-order valence-electron chi connectivity index (χ3n) is 11.5. The maximum atomic E-state index is 14.5. The van der Waals surface area contributed by atoms with E-state index in [1.165, 1.54) is 11.8 Å². The normalized spacial score (nSPS) is 36.3. The number of nitrogens with zero attached hydrogens (tertiary/aromatic N) is 1. The molecule has 56 heavy (non-hydrogen) atoms. The molecule has 0 radical (unpaired) electrons. The second kappa shape index (κ2) is 19.1. The minimum absolute atomic E-state index is 0.0696. The van der Waals surface area contributed by atoms with Crippen LogP contribution in [0.5, 0.6) is 0 Å². The van der Waals surface area contributed by atoms with E-state index in [2.05, 4.69) is 0 Å². The summed E-state index contributed by atoms with van der Waals surface area (Å²) in [5, 5.41) is 86.3. The highest BCUT2D eigenvalue weighted by Gasteiger charge is 2.52. The van der Waals surface area contributed by atoms with E-state index >= 15 is 0 Å². The number of hydrogen-bond acceptors (Lipinski definition) is 14. The second-order valence-corrected chi connectivity index (χ2v) is 15.4. The number of rotatable bonds is 13. The molecule has 16 heteroatoms. The van der Waals surface area contributed by atoms with Crippen molar-refractivity contribution in [1.29, 1.82) is 0 Å². The van der Waals surface area contributed by atoms with Gasteiger partial charge in [-0.25, -0.2) is 4.79 Å². The van der Waals surface area contributed by atoms with Crippen molar-refractivity contribution in [2.75, 3.05) is 19.7 Å². The molecule has 3 heterocycles. The molecular formula is C40H55NO15. The van der Waals surface area contributed by atoms with Gasteiger partial charge in [-0.3, -0.25) is 4.79 Å². The minimum Gasteiger partial charge on any atom is -0.479 e. The van der Waals surface area contributed by atoms with Gasteiger partial charge in [-0.2, -0.15) is 0 Å². The van der Waals surface area contributed by atoms with Crippen LogP contribution >= 0.6 is 0 Å². The molecule has 14 atom stereocenters. The number of ether oxygens (including phenoxy) is 5. The number of aliphatic hydroxyl groups is 7. The van der Waals surface area contributed by atoms with Crippen LogP contribution in [0.25, 0.3) is 0 Å². The molecule has 4 fully saturated rings. The fraction of sp³-hybridized carbons (Fsp3) is 0.650. The number of hydrogen-bond donors (Lipinski definition) is 8. The highest BCUT2D eigenvalue weighted by atomic mass is 16.7. The third-order valence-corrected chi connectivity index (χ3v) is 11.5. The molecule has 0 spiro atoms. The lowest BCUT2D eigenvalue weighted by atomic mass is 9.85. The Morgan fingerprint density at radius 2 is 1.36 bits per heavy atom. The van der Waals surface area contributed by atoms with E-state index in [1.807, 2.05) is 36.4 Å². The van der Waals surface area contributed by atoms with E-state index in [1.54, 1.807) is 24.3 Å². The monoisotopic (exact) mass is 789 g/mol. The van der Waals surface area contributed by atoms with E-state index in [9.17, 15) is 50.4 Å². The largest absolute Gasteiger partial charge is 0.479 e. The molecule has 2 aromatic carbocycles. The van der Waals surface area contributed by atoms with Crippen LogP contribution in [-0.2, 0) is 33.3 Å². The molecule has 1 saturated carbocycles. The van der Waals surface area contributed by atoms with Crippen molar-refractivity contribution in [3.05, 3.63) is 71.8 Å². The average Bonchev–Trinajstić information content (AvgIpc) is 3.20. The Morgan fingerprint density at radius 3 is 1.95 bits per heavy atom. The van der Waals surface area contributed by atoms with Gasteiger partial charge in [0, 0.05) is 13.1 Å². The maximum Gasteiger partial charge on any atom is 0.332 e. The first-order chi connectivity index (χ1) is 26.9. The number of carboxylic acid groups (broad SMARTS) is 1. The molecule has 3 aliphatic heterocycles. The minimum atomic E-state index is -1.83. The van der Waals surface area contributed by atoms with E-state index < -0.39 is 110 Å². The Kier molecular flexibility index (Phi) is 14.5. The average molecular weight is 790 g/mol. The zero-order chi connectivity index (χ0) is 40.1. The molecule has 16 nitrogen and oxygen atoms in total. The zero-order valence-electron chi connectivity index (χ0n) is 31.3. The van der Waals surface area contributed by atoms with Crippen LogP contribution in [0.2, 0.25) is 0 Å². The van der Waals surface area contributed by atoms with Crippen LogP contribution in [0.15, 0.2) is 60.7 Å². The molecule has 0 bridgehead atoms. The van der Waals surface area contributed by atoms with Gasteiger partial charge >= 0.3 is 5.97 Å².